The summed E-state index contributed by atoms with van der Waals surface area (Å²) in [6.45, 7) is 4.52. The summed E-state index contributed by atoms with van der Waals surface area (Å²) in [6.07, 6.45) is 4.24. The fraction of sp³-hybridized carbons (Fsp3) is 0.588. The number of ether oxygens (including phenoxy) is 1. The lowest BCUT2D eigenvalue weighted by atomic mass is 9.73. The molecule has 0 heterocycles. The molecule has 2 rings (SSSR count). The number of hydrogen-bond donors (Lipinski definition) is 1. The van der Waals surface area contributed by atoms with Gasteiger partial charge in [-0.3, -0.25) is 4.79 Å². The molecule has 110 valence electrons. The second-order valence-corrected chi connectivity index (χ2v) is 5.98. The van der Waals surface area contributed by atoms with Gasteiger partial charge in [0, 0.05) is 6.54 Å². The van der Waals surface area contributed by atoms with E-state index in [0.717, 1.165) is 19.3 Å². The first-order valence-corrected chi connectivity index (χ1v) is 7.56. The normalized spacial score (nSPS) is 20.9. The average Bonchev–Trinajstić information content (AvgIpc) is 2.48. The molecule has 0 aromatic heterocycles. The number of carbonyl (C=O) groups is 1. The molecule has 0 aliphatic heterocycles. The molecule has 0 radical (unpaired) electrons. The molecule has 2 unspecified atom stereocenters. The van der Waals surface area contributed by atoms with Crippen LogP contribution in [-0.2, 0) is 16.0 Å². The van der Waals surface area contributed by atoms with Crippen molar-refractivity contribution in [2.45, 2.75) is 45.4 Å². The van der Waals surface area contributed by atoms with Crippen molar-refractivity contribution in [3.8, 4) is 0 Å². The highest BCUT2D eigenvalue weighted by atomic mass is 16.5. The molecule has 1 aromatic carbocycles. The lowest BCUT2D eigenvalue weighted by Crippen LogP contribution is -2.39. The highest BCUT2D eigenvalue weighted by Crippen LogP contribution is 2.40. The van der Waals surface area contributed by atoms with Gasteiger partial charge in [-0.05, 0) is 56.6 Å². The van der Waals surface area contributed by atoms with Crippen LogP contribution in [-0.4, -0.2) is 19.1 Å². The van der Waals surface area contributed by atoms with Gasteiger partial charge in [0.05, 0.1) is 12.0 Å². The average molecular weight is 275 g/mol. The lowest BCUT2D eigenvalue weighted by molar-refractivity contribution is -0.154. The van der Waals surface area contributed by atoms with Crippen LogP contribution in [0.3, 0.4) is 0 Å². The fourth-order valence-electron chi connectivity index (χ4n) is 3.17. The minimum atomic E-state index is -0.578. The number of nitrogens with two attached hydrogens (primary N) is 1. The maximum Gasteiger partial charge on any atom is 0.313 e. The smallest absolute Gasteiger partial charge is 0.313 e. The molecular formula is C17H25NO2. The van der Waals surface area contributed by atoms with Crippen LogP contribution in [0, 0.1) is 5.41 Å². The van der Waals surface area contributed by atoms with Crippen molar-refractivity contribution in [3.63, 3.8) is 0 Å². The van der Waals surface area contributed by atoms with E-state index in [1.54, 1.807) is 0 Å². The maximum absolute atomic E-state index is 12.2. The molecule has 0 amide bonds. The lowest BCUT2D eigenvalue weighted by Gasteiger charge is -2.33. The van der Waals surface area contributed by atoms with Crippen LogP contribution < -0.4 is 5.73 Å². The number of carbonyl (C=O) groups excluding carboxylic acids is 1. The summed E-state index contributed by atoms with van der Waals surface area (Å²) in [5.74, 6) is 0.253. The predicted molar refractivity (Wildman–Crippen MR) is 80.5 cm³/mol. The van der Waals surface area contributed by atoms with E-state index in [-0.39, 0.29) is 5.97 Å². The van der Waals surface area contributed by atoms with Crippen molar-refractivity contribution in [1.29, 1.82) is 0 Å². The van der Waals surface area contributed by atoms with E-state index < -0.39 is 5.41 Å². The summed E-state index contributed by atoms with van der Waals surface area (Å²) in [6, 6.07) is 8.57. The number of rotatable bonds is 5. The molecule has 1 aliphatic rings. The Morgan fingerprint density at radius 1 is 1.45 bits per heavy atom. The molecule has 0 fully saturated rings. The number of fused-ring (bicyclic) bond motifs is 1. The third-order valence-corrected chi connectivity index (χ3v) is 4.41. The Morgan fingerprint density at radius 3 is 2.90 bits per heavy atom. The Kier molecular flexibility index (Phi) is 4.81. The van der Waals surface area contributed by atoms with Gasteiger partial charge < -0.3 is 10.5 Å². The number of aryl methyl sites for hydroxylation is 1. The highest BCUT2D eigenvalue weighted by molar-refractivity contribution is 5.76. The summed E-state index contributed by atoms with van der Waals surface area (Å²) < 4.78 is 5.21. The second-order valence-electron chi connectivity index (χ2n) is 5.98. The summed E-state index contributed by atoms with van der Waals surface area (Å²) in [4.78, 5) is 12.2. The Labute approximate surface area is 121 Å². The van der Waals surface area contributed by atoms with E-state index in [4.69, 9.17) is 10.5 Å². The maximum atomic E-state index is 12.2. The third kappa shape index (κ3) is 3.04. The Bertz CT molecular complexity index is 472. The van der Waals surface area contributed by atoms with E-state index >= 15 is 0 Å². The van der Waals surface area contributed by atoms with E-state index in [1.807, 2.05) is 13.8 Å². The minimum Gasteiger partial charge on any atom is -0.466 e. The standard InChI is InChI=1S/C17H25NO2/c1-3-20-16(19)17(2,12-18)11-14-9-6-8-13-7-4-5-10-15(13)14/h4-5,7,10,14H,3,6,8-9,11-12,18H2,1-2H3. The molecule has 20 heavy (non-hydrogen) atoms. The number of esters is 1. The van der Waals surface area contributed by atoms with E-state index in [0.29, 0.717) is 19.1 Å². The van der Waals surface area contributed by atoms with Gasteiger partial charge in [-0.2, -0.15) is 0 Å². The van der Waals surface area contributed by atoms with Crippen LogP contribution in [0.5, 0.6) is 0 Å². The molecule has 0 saturated heterocycles. The zero-order valence-electron chi connectivity index (χ0n) is 12.5. The molecule has 2 atom stereocenters. The molecule has 1 aliphatic carbocycles. The summed E-state index contributed by atoms with van der Waals surface area (Å²) in [5.41, 5.74) is 8.11. The van der Waals surface area contributed by atoms with Crippen molar-refractivity contribution in [1.82, 2.24) is 0 Å². The molecular weight excluding hydrogens is 250 g/mol. The Balaban J connectivity index is 2.19. The van der Waals surface area contributed by atoms with Crippen molar-refractivity contribution < 1.29 is 9.53 Å². The van der Waals surface area contributed by atoms with Gasteiger partial charge >= 0.3 is 5.97 Å². The van der Waals surface area contributed by atoms with Crippen LogP contribution in [0.4, 0.5) is 0 Å². The van der Waals surface area contributed by atoms with Crippen LogP contribution in [0.25, 0.3) is 0 Å². The van der Waals surface area contributed by atoms with Gasteiger partial charge in [-0.15, -0.1) is 0 Å². The van der Waals surface area contributed by atoms with Crippen LogP contribution in [0.15, 0.2) is 24.3 Å². The zero-order valence-corrected chi connectivity index (χ0v) is 12.5. The second kappa shape index (κ2) is 6.40. The number of benzene rings is 1. The van der Waals surface area contributed by atoms with Gasteiger partial charge in [0.2, 0.25) is 0 Å². The summed E-state index contributed by atoms with van der Waals surface area (Å²) in [7, 11) is 0. The van der Waals surface area contributed by atoms with Gasteiger partial charge in [0.15, 0.2) is 0 Å². The highest BCUT2D eigenvalue weighted by Gasteiger charge is 2.37. The van der Waals surface area contributed by atoms with E-state index in [1.165, 1.54) is 17.5 Å². The molecule has 1 aromatic rings. The quantitative estimate of drug-likeness (QED) is 0.840. The molecule has 0 bridgehead atoms. The predicted octanol–water partition coefficient (Wildman–Crippen LogP) is 3.02. The van der Waals surface area contributed by atoms with Crippen LogP contribution >= 0.6 is 0 Å². The molecule has 3 heteroatoms. The van der Waals surface area contributed by atoms with Gasteiger partial charge in [-0.1, -0.05) is 24.3 Å². The van der Waals surface area contributed by atoms with Crippen molar-refractivity contribution in [2.24, 2.45) is 11.1 Å². The summed E-state index contributed by atoms with van der Waals surface area (Å²) in [5, 5.41) is 0. The van der Waals surface area contributed by atoms with Gasteiger partial charge in [0.1, 0.15) is 0 Å². The zero-order chi connectivity index (χ0) is 14.6. The first-order chi connectivity index (χ1) is 9.60. The third-order valence-electron chi connectivity index (χ3n) is 4.41. The van der Waals surface area contributed by atoms with Crippen molar-refractivity contribution in [2.75, 3.05) is 13.2 Å². The van der Waals surface area contributed by atoms with Crippen molar-refractivity contribution >= 4 is 5.97 Å². The van der Waals surface area contributed by atoms with Crippen LogP contribution in [0.1, 0.15) is 50.2 Å². The monoisotopic (exact) mass is 275 g/mol. The van der Waals surface area contributed by atoms with E-state index in [9.17, 15) is 4.79 Å². The SMILES string of the molecule is CCOC(=O)C(C)(CN)CC1CCCc2ccccc21. The fourth-order valence-corrected chi connectivity index (χ4v) is 3.17. The number of hydrogen-bond acceptors (Lipinski definition) is 3. The molecule has 2 N–H and O–H groups in total. The van der Waals surface area contributed by atoms with Gasteiger partial charge in [-0.25, -0.2) is 0 Å². The summed E-state index contributed by atoms with van der Waals surface area (Å²) >= 11 is 0. The van der Waals surface area contributed by atoms with Gasteiger partial charge in [0.25, 0.3) is 0 Å². The topological polar surface area (TPSA) is 52.3 Å². The Morgan fingerprint density at radius 2 is 2.20 bits per heavy atom. The van der Waals surface area contributed by atoms with E-state index in [2.05, 4.69) is 24.3 Å². The molecule has 3 nitrogen and oxygen atoms in total. The first kappa shape index (κ1) is 15.0. The minimum absolute atomic E-state index is 0.162. The van der Waals surface area contributed by atoms with Crippen LogP contribution in [0.2, 0.25) is 0 Å². The molecule has 0 spiro atoms. The molecule has 0 saturated carbocycles. The Hall–Kier alpha value is -1.35. The first-order valence-electron chi connectivity index (χ1n) is 7.56. The largest absolute Gasteiger partial charge is 0.466 e. The van der Waals surface area contributed by atoms with Crippen molar-refractivity contribution in [3.05, 3.63) is 35.4 Å².